The summed E-state index contributed by atoms with van der Waals surface area (Å²) in [6, 6.07) is 3.82. The van der Waals surface area contributed by atoms with Crippen LogP contribution < -0.4 is 5.32 Å². The minimum Gasteiger partial charge on any atom is -0.370 e. The van der Waals surface area contributed by atoms with Gasteiger partial charge in [-0.1, -0.05) is 6.92 Å². The lowest BCUT2D eigenvalue weighted by Gasteiger charge is -2.06. The van der Waals surface area contributed by atoms with E-state index in [4.69, 9.17) is 0 Å². The van der Waals surface area contributed by atoms with Crippen LogP contribution in [0.4, 0.5) is 19.0 Å². The second-order valence-electron chi connectivity index (χ2n) is 3.68. The Kier molecular flexibility index (Phi) is 3.17. The lowest BCUT2D eigenvalue weighted by atomic mass is 10.2. The minimum atomic E-state index is -1.46. The summed E-state index contributed by atoms with van der Waals surface area (Å²) in [5, 5.41) is 2.97. The Morgan fingerprint density at radius 3 is 2.65 bits per heavy atom. The van der Waals surface area contributed by atoms with Gasteiger partial charge in [-0.05, 0) is 18.6 Å². The van der Waals surface area contributed by atoms with Gasteiger partial charge in [-0.25, -0.2) is 18.2 Å². The topological polar surface area (TPSA) is 24.9 Å². The summed E-state index contributed by atoms with van der Waals surface area (Å²) in [6.07, 6.45) is 0.909. The van der Waals surface area contributed by atoms with Crippen LogP contribution >= 0.6 is 0 Å². The molecule has 17 heavy (non-hydrogen) atoms. The summed E-state index contributed by atoms with van der Waals surface area (Å²) in [7, 11) is 0. The molecule has 0 aliphatic carbocycles. The van der Waals surface area contributed by atoms with Crippen LogP contribution in [0.1, 0.15) is 13.3 Å². The molecule has 0 amide bonds. The zero-order valence-electron chi connectivity index (χ0n) is 9.23. The number of aromatic nitrogens is 1. The molecular weight excluding hydrogens is 229 g/mol. The van der Waals surface area contributed by atoms with Gasteiger partial charge in [-0.3, -0.25) is 0 Å². The van der Waals surface area contributed by atoms with E-state index in [0.717, 1.165) is 12.5 Å². The van der Waals surface area contributed by atoms with Gasteiger partial charge in [0.05, 0.1) is 5.52 Å². The van der Waals surface area contributed by atoms with E-state index in [1.165, 1.54) is 6.07 Å². The second-order valence-corrected chi connectivity index (χ2v) is 3.68. The van der Waals surface area contributed by atoms with Crippen LogP contribution in [0.5, 0.6) is 0 Å². The van der Waals surface area contributed by atoms with Gasteiger partial charge in [0.15, 0.2) is 17.5 Å². The van der Waals surface area contributed by atoms with Crippen molar-refractivity contribution in [1.82, 2.24) is 4.98 Å². The molecule has 0 aliphatic rings. The van der Waals surface area contributed by atoms with Gasteiger partial charge in [0.1, 0.15) is 5.82 Å². The molecule has 90 valence electrons. The first kappa shape index (κ1) is 11.7. The van der Waals surface area contributed by atoms with Gasteiger partial charge >= 0.3 is 0 Å². The van der Waals surface area contributed by atoms with Crippen LogP contribution in [0, 0.1) is 17.5 Å². The van der Waals surface area contributed by atoms with Crippen molar-refractivity contribution < 1.29 is 13.2 Å². The van der Waals surface area contributed by atoms with E-state index in [-0.39, 0.29) is 10.9 Å². The van der Waals surface area contributed by atoms with Gasteiger partial charge < -0.3 is 5.32 Å². The Hall–Kier alpha value is -1.78. The quantitative estimate of drug-likeness (QED) is 0.831. The molecule has 1 aromatic heterocycles. The van der Waals surface area contributed by atoms with Crippen LogP contribution in [-0.2, 0) is 0 Å². The zero-order chi connectivity index (χ0) is 12.4. The predicted octanol–water partition coefficient (Wildman–Crippen LogP) is 3.47. The van der Waals surface area contributed by atoms with E-state index in [1.807, 2.05) is 6.92 Å². The smallest absolute Gasteiger partial charge is 0.195 e. The fourth-order valence-corrected chi connectivity index (χ4v) is 1.53. The van der Waals surface area contributed by atoms with E-state index in [1.54, 1.807) is 6.07 Å². The average molecular weight is 240 g/mol. The number of rotatable bonds is 3. The van der Waals surface area contributed by atoms with E-state index < -0.39 is 17.5 Å². The molecule has 0 saturated heterocycles. The molecule has 0 fully saturated rings. The number of hydrogen-bond acceptors (Lipinski definition) is 2. The summed E-state index contributed by atoms with van der Waals surface area (Å²) in [5.74, 6) is -3.37. The van der Waals surface area contributed by atoms with Gasteiger partial charge in [0.25, 0.3) is 0 Å². The van der Waals surface area contributed by atoms with E-state index in [9.17, 15) is 13.2 Å². The van der Waals surface area contributed by atoms with Crippen molar-refractivity contribution in [2.45, 2.75) is 13.3 Å². The van der Waals surface area contributed by atoms with Crippen molar-refractivity contribution in [1.29, 1.82) is 0 Å². The summed E-state index contributed by atoms with van der Waals surface area (Å²) in [5.41, 5.74) is 0.0995. The number of halogens is 3. The third-order valence-corrected chi connectivity index (χ3v) is 2.38. The molecule has 0 bridgehead atoms. The van der Waals surface area contributed by atoms with Crippen LogP contribution in [-0.4, -0.2) is 11.5 Å². The highest BCUT2D eigenvalue weighted by molar-refractivity contribution is 5.81. The highest BCUT2D eigenvalue weighted by Gasteiger charge is 2.14. The Labute approximate surface area is 96.5 Å². The van der Waals surface area contributed by atoms with E-state index >= 15 is 0 Å². The van der Waals surface area contributed by atoms with E-state index in [0.29, 0.717) is 12.4 Å². The SMILES string of the molecule is CCCNc1ccc2c(F)c(F)c(F)cc2n1. The lowest BCUT2D eigenvalue weighted by Crippen LogP contribution is -2.02. The summed E-state index contributed by atoms with van der Waals surface area (Å²) in [6.45, 7) is 2.70. The number of benzene rings is 1. The van der Waals surface area contributed by atoms with Crippen molar-refractivity contribution >= 4 is 16.7 Å². The number of hydrogen-bond donors (Lipinski definition) is 1. The molecular formula is C12H11F3N2. The Morgan fingerprint density at radius 2 is 1.94 bits per heavy atom. The van der Waals surface area contributed by atoms with Crippen molar-refractivity contribution in [3.8, 4) is 0 Å². The first-order valence-electron chi connectivity index (χ1n) is 5.31. The standard InChI is InChI=1S/C12H11F3N2/c1-2-5-16-10-4-3-7-9(17-10)6-8(13)12(15)11(7)14/h3-4,6H,2,5H2,1H3,(H,16,17). The van der Waals surface area contributed by atoms with Gasteiger partial charge in [0.2, 0.25) is 0 Å². The van der Waals surface area contributed by atoms with Crippen molar-refractivity contribution in [2.24, 2.45) is 0 Å². The molecule has 2 nitrogen and oxygen atoms in total. The average Bonchev–Trinajstić information content (AvgIpc) is 2.33. The number of nitrogens with zero attached hydrogens (tertiary/aromatic N) is 1. The lowest BCUT2D eigenvalue weighted by molar-refractivity contribution is 0.453. The molecule has 0 saturated carbocycles. The number of pyridine rings is 1. The summed E-state index contributed by atoms with van der Waals surface area (Å²) < 4.78 is 39.4. The van der Waals surface area contributed by atoms with Gasteiger partial charge in [-0.2, -0.15) is 0 Å². The maximum Gasteiger partial charge on any atom is 0.195 e. The van der Waals surface area contributed by atoms with Gasteiger partial charge in [0, 0.05) is 18.0 Å². The van der Waals surface area contributed by atoms with Crippen LogP contribution in [0.15, 0.2) is 18.2 Å². The molecule has 2 rings (SSSR count). The maximum absolute atomic E-state index is 13.4. The molecule has 1 N–H and O–H groups in total. The van der Waals surface area contributed by atoms with Gasteiger partial charge in [-0.15, -0.1) is 0 Å². The molecule has 2 aromatic rings. The minimum absolute atomic E-state index is 0.0223. The van der Waals surface area contributed by atoms with Crippen molar-refractivity contribution in [3.63, 3.8) is 0 Å². The van der Waals surface area contributed by atoms with Crippen molar-refractivity contribution in [2.75, 3.05) is 11.9 Å². The molecule has 1 heterocycles. The molecule has 0 unspecified atom stereocenters. The van der Waals surface area contributed by atoms with Crippen LogP contribution in [0.25, 0.3) is 10.9 Å². The Bertz CT molecular complexity index is 555. The van der Waals surface area contributed by atoms with Crippen LogP contribution in [0.2, 0.25) is 0 Å². The normalized spacial score (nSPS) is 10.8. The molecule has 1 aromatic carbocycles. The number of fused-ring (bicyclic) bond motifs is 1. The second kappa shape index (κ2) is 4.61. The molecule has 0 aliphatic heterocycles. The van der Waals surface area contributed by atoms with Crippen molar-refractivity contribution in [3.05, 3.63) is 35.7 Å². The zero-order valence-corrected chi connectivity index (χ0v) is 9.23. The third-order valence-electron chi connectivity index (χ3n) is 2.38. The maximum atomic E-state index is 13.4. The van der Waals surface area contributed by atoms with Crippen LogP contribution in [0.3, 0.4) is 0 Å². The highest BCUT2D eigenvalue weighted by Crippen LogP contribution is 2.23. The molecule has 0 spiro atoms. The number of nitrogens with one attached hydrogen (secondary N) is 1. The molecule has 5 heteroatoms. The Morgan fingerprint density at radius 1 is 1.18 bits per heavy atom. The molecule has 0 atom stereocenters. The summed E-state index contributed by atoms with van der Waals surface area (Å²) >= 11 is 0. The largest absolute Gasteiger partial charge is 0.370 e. The predicted molar refractivity (Wildman–Crippen MR) is 60.4 cm³/mol. The molecule has 0 radical (unpaired) electrons. The number of anilines is 1. The first-order chi connectivity index (χ1) is 8.13. The monoisotopic (exact) mass is 240 g/mol. The Balaban J connectivity index is 2.51. The first-order valence-corrected chi connectivity index (χ1v) is 5.31. The fraction of sp³-hybridized carbons (Fsp3) is 0.250. The highest BCUT2D eigenvalue weighted by atomic mass is 19.2. The third kappa shape index (κ3) is 2.18. The fourth-order valence-electron chi connectivity index (χ4n) is 1.53. The summed E-state index contributed by atoms with van der Waals surface area (Å²) in [4.78, 5) is 4.02. The van der Waals surface area contributed by atoms with E-state index in [2.05, 4.69) is 10.3 Å².